The van der Waals surface area contributed by atoms with E-state index in [0.717, 1.165) is 22.6 Å². The third kappa shape index (κ3) is 5.22. The maximum atomic E-state index is 13.3. The molecule has 2 aromatic carbocycles. The minimum absolute atomic E-state index is 0.172. The Bertz CT molecular complexity index is 1150. The maximum absolute atomic E-state index is 13.3. The lowest BCUT2D eigenvalue weighted by Crippen LogP contribution is -2.20. The summed E-state index contributed by atoms with van der Waals surface area (Å²) in [5.41, 5.74) is 7.85. The Kier molecular flexibility index (Phi) is 6.28. The second kappa shape index (κ2) is 9.05. The van der Waals surface area contributed by atoms with Gasteiger partial charge in [-0.15, -0.1) is 6.42 Å². The minimum atomic E-state index is -2.66. The van der Waals surface area contributed by atoms with Crippen molar-refractivity contribution >= 4 is 38.3 Å². The lowest BCUT2D eigenvalue weighted by molar-refractivity contribution is -0.115. The number of nitrogen functional groups attached to an aromatic ring is 1. The number of rotatable bonds is 5. The van der Waals surface area contributed by atoms with Crippen LogP contribution in [0.2, 0.25) is 0 Å². The Morgan fingerprint density at radius 1 is 1.31 bits per heavy atom. The third-order valence-corrected chi connectivity index (χ3v) is 4.73. The number of carbonyl (C=O) groups is 1. The number of nitrogens with one attached hydrogen (secondary N) is 2. The van der Waals surface area contributed by atoms with Gasteiger partial charge in [0, 0.05) is 23.4 Å². The summed E-state index contributed by atoms with van der Waals surface area (Å²) in [4.78, 5) is 15.1. The summed E-state index contributed by atoms with van der Waals surface area (Å²) in [6.07, 6.45) is 2.36. The molecule has 5 nitrogen and oxygen atoms in total. The van der Waals surface area contributed by atoms with E-state index in [0.29, 0.717) is 23.4 Å². The van der Waals surface area contributed by atoms with Gasteiger partial charge in [0.1, 0.15) is 0 Å². The van der Waals surface area contributed by atoms with Gasteiger partial charge >= 0.3 is 0 Å². The quantitative estimate of drug-likeness (QED) is 0.562. The fourth-order valence-electron chi connectivity index (χ4n) is 2.63. The molecule has 4 N–H and O–H groups in total. The van der Waals surface area contributed by atoms with Crippen LogP contribution >= 0.6 is 11.3 Å². The van der Waals surface area contributed by atoms with Crippen molar-refractivity contribution in [2.45, 2.75) is 13.0 Å². The van der Waals surface area contributed by atoms with Gasteiger partial charge in [0.2, 0.25) is 0 Å². The monoisotopic (exact) mass is 410 g/mol. The fraction of sp³-hybridized carbons (Fsp3) is 0.143. The molecule has 1 heterocycles. The van der Waals surface area contributed by atoms with Gasteiger partial charge < -0.3 is 16.4 Å². The Balaban J connectivity index is 1.68. The number of benzene rings is 2. The summed E-state index contributed by atoms with van der Waals surface area (Å²) in [5, 5.41) is 5.96. The highest BCUT2D eigenvalue weighted by atomic mass is 32.1. The highest BCUT2D eigenvalue weighted by Gasteiger charge is 2.16. The van der Waals surface area contributed by atoms with E-state index < -0.39 is 12.3 Å². The number of anilines is 2. The second-order valence-corrected chi connectivity index (χ2v) is 7.01. The molecule has 0 aliphatic rings. The van der Waals surface area contributed by atoms with Crippen LogP contribution in [-0.2, 0) is 11.3 Å². The van der Waals surface area contributed by atoms with E-state index in [1.807, 2.05) is 30.2 Å². The van der Waals surface area contributed by atoms with Crippen LogP contribution in [0.15, 0.2) is 36.4 Å². The zero-order valence-corrected chi connectivity index (χ0v) is 15.9. The van der Waals surface area contributed by atoms with Crippen LogP contribution in [0.1, 0.15) is 23.1 Å². The first kappa shape index (κ1) is 20.1. The number of hydrogen-bond donors (Lipinski definition) is 3. The van der Waals surface area contributed by atoms with Crippen LogP contribution in [0, 0.1) is 24.2 Å². The van der Waals surface area contributed by atoms with Gasteiger partial charge in [-0.25, -0.2) is 13.8 Å². The maximum Gasteiger partial charge on any atom is 0.295 e. The molecule has 1 amide bonds. The van der Waals surface area contributed by atoms with Crippen LogP contribution in [0.25, 0.3) is 10.2 Å². The summed E-state index contributed by atoms with van der Waals surface area (Å²) in [5.74, 6) is 7.32. The third-order valence-electron chi connectivity index (χ3n) is 3.90. The standard InChI is InChI=1S/C21H16F2N4OS/c1-2-18(28)26-12-14-5-3-7-15(9-14)25-8-4-6-13-10-16(20(22)23)19-17(11-13)29-21(24)27-19/h1,3,5,7,9-11,20,25H,8,12H2,(H2,24,27)(H,26,28). The lowest BCUT2D eigenvalue weighted by atomic mass is 10.1. The number of halogens is 2. The predicted molar refractivity (Wildman–Crippen MR) is 111 cm³/mol. The van der Waals surface area contributed by atoms with Crippen LogP contribution in [0.4, 0.5) is 19.6 Å². The molecule has 3 aromatic rings. The first-order valence-corrected chi connectivity index (χ1v) is 9.32. The number of thiazole rings is 1. The SMILES string of the molecule is C#CC(=O)NCc1cccc(NCC#Cc2cc(C(F)F)c3nc(N)sc3c2)c1. The average Bonchev–Trinajstić information content (AvgIpc) is 3.08. The molecule has 3 rings (SSSR count). The molecule has 0 unspecified atom stereocenters. The molecular weight excluding hydrogens is 394 g/mol. The molecule has 8 heteroatoms. The van der Waals surface area contributed by atoms with Crippen LogP contribution in [0.3, 0.4) is 0 Å². The molecule has 0 aliphatic heterocycles. The molecule has 0 bridgehead atoms. The molecule has 0 saturated heterocycles. The summed E-state index contributed by atoms with van der Waals surface area (Å²) in [6, 6.07) is 10.5. The molecule has 0 spiro atoms. The van der Waals surface area contributed by atoms with Crippen molar-refractivity contribution in [2.24, 2.45) is 0 Å². The van der Waals surface area contributed by atoms with Gasteiger partial charge in [-0.2, -0.15) is 0 Å². The largest absolute Gasteiger partial charge is 0.375 e. The summed E-state index contributed by atoms with van der Waals surface area (Å²) in [6.45, 7) is 0.631. The van der Waals surface area contributed by atoms with Crippen molar-refractivity contribution in [1.82, 2.24) is 10.3 Å². The molecule has 0 radical (unpaired) electrons. The highest BCUT2D eigenvalue weighted by molar-refractivity contribution is 7.22. The molecular formula is C21H16F2N4OS. The molecule has 0 aliphatic carbocycles. The molecule has 0 fully saturated rings. The predicted octanol–water partition coefficient (Wildman–Crippen LogP) is 3.53. The number of hydrogen-bond acceptors (Lipinski definition) is 5. The number of nitrogens with two attached hydrogens (primary N) is 1. The van der Waals surface area contributed by atoms with Crippen molar-refractivity contribution < 1.29 is 13.6 Å². The molecule has 1 aromatic heterocycles. The highest BCUT2D eigenvalue weighted by Crippen LogP contribution is 2.33. The first-order valence-electron chi connectivity index (χ1n) is 8.50. The number of amides is 1. The molecule has 0 saturated carbocycles. The fourth-order valence-corrected chi connectivity index (χ4v) is 3.44. The Morgan fingerprint density at radius 3 is 2.90 bits per heavy atom. The number of terminal acetylenes is 1. The van der Waals surface area contributed by atoms with Crippen molar-refractivity contribution in [2.75, 3.05) is 17.6 Å². The lowest BCUT2D eigenvalue weighted by Gasteiger charge is -2.06. The molecule has 146 valence electrons. The van der Waals surface area contributed by atoms with Gasteiger partial charge in [0.25, 0.3) is 12.3 Å². The number of nitrogens with zero attached hydrogens (tertiary/aromatic N) is 1. The summed E-state index contributed by atoms with van der Waals surface area (Å²) < 4.78 is 27.2. The molecule has 29 heavy (non-hydrogen) atoms. The summed E-state index contributed by atoms with van der Waals surface area (Å²) >= 11 is 1.15. The van der Waals surface area contributed by atoms with E-state index in [9.17, 15) is 13.6 Å². The van der Waals surface area contributed by atoms with E-state index in [-0.39, 0.29) is 16.2 Å². The van der Waals surface area contributed by atoms with Gasteiger partial charge in [-0.05, 0) is 35.7 Å². The van der Waals surface area contributed by atoms with Crippen molar-refractivity contribution in [1.29, 1.82) is 0 Å². The van der Waals surface area contributed by atoms with Gasteiger partial charge in [-0.3, -0.25) is 4.79 Å². The van der Waals surface area contributed by atoms with Gasteiger partial charge in [-0.1, -0.05) is 35.3 Å². The minimum Gasteiger partial charge on any atom is -0.375 e. The van der Waals surface area contributed by atoms with Crippen LogP contribution in [-0.4, -0.2) is 17.4 Å². The van der Waals surface area contributed by atoms with Crippen LogP contribution in [0.5, 0.6) is 0 Å². The zero-order chi connectivity index (χ0) is 20.8. The van der Waals surface area contributed by atoms with E-state index >= 15 is 0 Å². The zero-order valence-electron chi connectivity index (χ0n) is 15.1. The van der Waals surface area contributed by atoms with Gasteiger partial charge in [0.15, 0.2) is 5.13 Å². The summed E-state index contributed by atoms with van der Waals surface area (Å²) in [7, 11) is 0. The van der Waals surface area contributed by atoms with Crippen molar-refractivity contribution in [3.63, 3.8) is 0 Å². The van der Waals surface area contributed by atoms with Gasteiger partial charge in [0.05, 0.1) is 16.8 Å². The smallest absolute Gasteiger partial charge is 0.295 e. The van der Waals surface area contributed by atoms with E-state index in [1.54, 1.807) is 6.07 Å². The number of alkyl halides is 2. The number of carbonyl (C=O) groups excluding carboxylic acids is 1. The Hall–Kier alpha value is -3.62. The van der Waals surface area contributed by atoms with E-state index in [4.69, 9.17) is 12.2 Å². The second-order valence-electron chi connectivity index (χ2n) is 5.95. The normalized spacial score (nSPS) is 10.3. The Labute approximate surface area is 170 Å². The van der Waals surface area contributed by atoms with Crippen LogP contribution < -0.4 is 16.4 Å². The topological polar surface area (TPSA) is 80.0 Å². The number of fused-ring (bicyclic) bond motifs is 1. The number of aromatic nitrogens is 1. The first-order chi connectivity index (χ1) is 14.0. The average molecular weight is 410 g/mol. The van der Waals surface area contributed by atoms with E-state index in [2.05, 4.69) is 27.5 Å². The van der Waals surface area contributed by atoms with E-state index in [1.165, 1.54) is 6.07 Å². The van der Waals surface area contributed by atoms with Crippen molar-refractivity contribution in [3.05, 3.63) is 53.1 Å². The Morgan fingerprint density at radius 2 is 2.14 bits per heavy atom. The molecule has 0 atom stereocenters. The van der Waals surface area contributed by atoms with Crippen molar-refractivity contribution in [3.8, 4) is 24.2 Å².